The number of halogens is 1. The van der Waals surface area contributed by atoms with Gasteiger partial charge in [-0.3, -0.25) is 9.69 Å². The number of rotatable bonds is 5. The van der Waals surface area contributed by atoms with E-state index >= 15 is 0 Å². The zero-order valence-corrected chi connectivity index (χ0v) is 14.1. The van der Waals surface area contributed by atoms with Crippen molar-refractivity contribution >= 4 is 27.4 Å². The summed E-state index contributed by atoms with van der Waals surface area (Å²) in [5.74, 6) is 0.103. The predicted molar refractivity (Wildman–Crippen MR) is 87.7 cm³/mol. The molecule has 1 atom stereocenters. The monoisotopic (exact) mass is 338 g/mol. The molecule has 1 aliphatic rings. The Labute approximate surface area is 130 Å². The van der Waals surface area contributed by atoms with Gasteiger partial charge in [-0.05, 0) is 60.6 Å². The van der Waals surface area contributed by atoms with Crippen molar-refractivity contribution in [2.24, 2.45) is 0 Å². The minimum Gasteiger partial charge on any atom is -0.370 e. The number of ketones is 1. The first-order chi connectivity index (χ1) is 9.56. The van der Waals surface area contributed by atoms with Gasteiger partial charge in [-0.15, -0.1) is 0 Å². The van der Waals surface area contributed by atoms with Gasteiger partial charge in [0.05, 0.1) is 0 Å². The molecule has 0 saturated carbocycles. The molecule has 0 amide bonds. The molecule has 1 unspecified atom stereocenters. The SMILES string of the molecule is CCN(CC)C1CCN(c2ccc(C(C)=O)c(Br)c2)C1. The van der Waals surface area contributed by atoms with E-state index in [4.69, 9.17) is 0 Å². The van der Waals surface area contributed by atoms with E-state index in [0.29, 0.717) is 6.04 Å². The van der Waals surface area contributed by atoms with Gasteiger partial charge in [-0.1, -0.05) is 13.8 Å². The second-order valence-electron chi connectivity index (χ2n) is 5.33. The maximum Gasteiger partial charge on any atom is 0.160 e. The van der Waals surface area contributed by atoms with Crippen LogP contribution in [0, 0.1) is 0 Å². The van der Waals surface area contributed by atoms with Crippen LogP contribution in [0.1, 0.15) is 37.6 Å². The third-order valence-electron chi connectivity index (χ3n) is 4.19. The van der Waals surface area contributed by atoms with Crippen LogP contribution in [0.2, 0.25) is 0 Å². The molecular weight excluding hydrogens is 316 g/mol. The van der Waals surface area contributed by atoms with Crippen molar-refractivity contribution < 1.29 is 4.79 Å². The van der Waals surface area contributed by atoms with Crippen molar-refractivity contribution in [3.8, 4) is 0 Å². The number of benzene rings is 1. The number of Topliss-reactive ketones (excluding diaryl/α,β-unsaturated/α-hetero) is 1. The Morgan fingerprint density at radius 3 is 2.65 bits per heavy atom. The minimum absolute atomic E-state index is 0.103. The van der Waals surface area contributed by atoms with Crippen LogP contribution in [0.3, 0.4) is 0 Å². The predicted octanol–water partition coefficient (Wildman–Crippen LogP) is 3.57. The molecule has 110 valence electrons. The lowest BCUT2D eigenvalue weighted by Gasteiger charge is -2.26. The average molecular weight is 339 g/mol. The Morgan fingerprint density at radius 2 is 2.10 bits per heavy atom. The highest BCUT2D eigenvalue weighted by Gasteiger charge is 2.26. The van der Waals surface area contributed by atoms with E-state index in [2.05, 4.69) is 51.7 Å². The number of hydrogen-bond donors (Lipinski definition) is 0. The first kappa shape index (κ1) is 15.5. The molecular formula is C16H23BrN2O. The second kappa shape index (κ2) is 6.72. The highest BCUT2D eigenvalue weighted by Crippen LogP contribution is 2.28. The van der Waals surface area contributed by atoms with Crippen molar-refractivity contribution in [3.05, 3.63) is 28.2 Å². The first-order valence-corrected chi connectivity index (χ1v) is 8.15. The normalized spacial score (nSPS) is 18.9. The topological polar surface area (TPSA) is 23.6 Å². The van der Waals surface area contributed by atoms with E-state index in [9.17, 15) is 4.79 Å². The van der Waals surface area contributed by atoms with Gasteiger partial charge in [0, 0.05) is 34.9 Å². The van der Waals surface area contributed by atoms with Gasteiger partial charge in [-0.25, -0.2) is 0 Å². The number of hydrogen-bond acceptors (Lipinski definition) is 3. The van der Waals surface area contributed by atoms with Crippen LogP contribution in [0.25, 0.3) is 0 Å². The van der Waals surface area contributed by atoms with Crippen LogP contribution in [0.15, 0.2) is 22.7 Å². The summed E-state index contributed by atoms with van der Waals surface area (Å²) in [6.07, 6.45) is 1.22. The number of nitrogens with zero attached hydrogens (tertiary/aromatic N) is 2. The van der Waals surface area contributed by atoms with Crippen LogP contribution >= 0.6 is 15.9 Å². The highest BCUT2D eigenvalue weighted by atomic mass is 79.9. The Morgan fingerprint density at radius 1 is 1.40 bits per heavy atom. The van der Waals surface area contributed by atoms with E-state index in [1.807, 2.05) is 6.07 Å². The largest absolute Gasteiger partial charge is 0.370 e. The van der Waals surface area contributed by atoms with Gasteiger partial charge in [0.1, 0.15) is 0 Å². The summed E-state index contributed by atoms with van der Waals surface area (Å²) in [6.45, 7) is 10.4. The number of carbonyl (C=O) groups excluding carboxylic acids is 1. The zero-order valence-electron chi connectivity index (χ0n) is 12.5. The second-order valence-corrected chi connectivity index (χ2v) is 6.18. The maximum absolute atomic E-state index is 11.5. The summed E-state index contributed by atoms with van der Waals surface area (Å²) < 4.78 is 0.897. The van der Waals surface area contributed by atoms with Gasteiger partial charge in [0.15, 0.2) is 5.78 Å². The smallest absolute Gasteiger partial charge is 0.160 e. The standard InChI is InChI=1S/C16H23BrN2O/c1-4-18(5-2)14-8-9-19(11-14)13-6-7-15(12(3)20)16(17)10-13/h6-7,10,14H,4-5,8-9,11H2,1-3H3. The van der Waals surface area contributed by atoms with Gasteiger partial charge >= 0.3 is 0 Å². The van der Waals surface area contributed by atoms with Crippen LogP contribution in [0.5, 0.6) is 0 Å². The molecule has 1 aliphatic heterocycles. The molecule has 0 radical (unpaired) electrons. The van der Waals surface area contributed by atoms with E-state index in [0.717, 1.165) is 36.2 Å². The molecule has 0 aromatic heterocycles. The van der Waals surface area contributed by atoms with Crippen molar-refractivity contribution in [1.82, 2.24) is 4.90 Å². The summed E-state index contributed by atoms with van der Waals surface area (Å²) in [7, 11) is 0. The van der Waals surface area contributed by atoms with Gasteiger partial charge in [-0.2, -0.15) is 0 Å². The summed E-state index contributed by atoms with van der Waals surface area (Å²) in [5, 5.41) is 0. The van der Waals surface area contributed by atoms with E-state index < -0.39 is 0 Å². The fourth-order valence-electron chi connectivity index (χ4n) is 3.00. The van der Waals surface area contributed by atoms with E-state index in [1.165, 1.54) is 12.1 Å². The van der Waals surface area contributed by atoms with E-state index in [1.54, 1.807) is 6.92 Å². The van der Waals surface area contributed by atoms with Crippen LogP contribution in [-0.4, -0.2) is 42.9 Å². The molecule has 2 rings (SSSR count). The Hall–Kier alpha value is -0.870. The Balaban J connectivity index is 2.10. The summed E-state index contributed by atoms with van der Waals surface area (Å²) in [4.78, 5) is 16.4. The minimum atomic E-state index is 0.103. The Bertz CT molecular complexity index is 485. The zero-order chi connectivity index (χ0) is 14.7. The lowest BCUT2D eigenvalue weighted by atomic mass is 10.1. The number of likely N-dealkylation sites (N-methyl/N-ethyl adjacent to an activating group) is 1. The van der Waals surface area contributed by atoms with Gasteiger partial charge < -0.3 is 4.90 Å². The molecule has 4 heteroatoms. The molecule has 1 aromatic rings. The molecule has 1 saturated heterocycles. The van der Waals surface area contributed by atoms with Crippen LogP contribution in [0.4, 0.5) is 5.69 Å². The van der Waals surface area contributed by atoms with Crippen molar-refractivity contribution in [3.63, 3.8) is 0 Å². The Kier molecular flexibility index (Phi) is 5.22. The van der Waals surface area contributed by atoms with E-state index in [-0.39, 0.29) is 5.78 Å². The van der Waals surface area contributed by atoms with Crippen molar-refractivity contribution in [1.29, 1.82) is 0 Å². The van der Waals surface area contributed by atoms with Crippen LogP contribution in [-0.2, 0) is 0 Å². The summed E-state index contributed by atoms with van der Waals surface area (Å²) in [5.41, 5.74) is 1.96. The maximum atomic E-state index is 11.5. The third kappa shape index (κ3) is 3.23. The first-order valence-electron chi connectivity index (χ1n) is 7.36. The molecule has 3 nitrogen and oxygen atoms in total. The molecule has 20 heavy (non-hydrogen) atoms. The molecule has 1 aromatic carbocycles. The number of anilines is 1. The fraction of sp³-hybridized carbons (Fsp3) is 0.562. The highest BCUT2D eigenvalue weighted by molar-refractivity contribution is 9.10. The quantitative estimate of drug-likeness (QED) is 0.766. The van der Waals surface area contributed by atoms with Gasteiger partial charge in [0.25, 0.3) is 0 Å². The average Bonchev–Trinajstić information content (AvgIpc) is 2.89. The van der Waals surface area contributed by atoms with Crippen molar-refractivity contribution in [2.75, 3.05) is 31.1 Å². The molecule has 0 spiro atoms. The summed E-state index contributed by atoms with van der Waals surface area (Å²) >= 11 is 3.51. The molecule has 0 aliphatic carbocycles. The lowest BCUT2D eigenvalue weighted by Crippen LogP contribution is -2.37. The fourth-order valence-corrected chi connectivity index (χ4v) is 3.65. The molecule has 0 N–H and O–H groups in total. The molecule has 1 fully saturated rings. The van der Waals surface area contributed by atoms with Gasteiger partial charge in [0.2, 0.25) is 0 Å². The molecule has 0 bridgehead atoms. The summed E-state index contributed by atoms with van der Waals surface area (Å²) in [6, 6.07) is 6.70. The third-order valence-corrected chi connectivity index (χ3v) is 4.85. The van der Waals surface area contributed by atoms with Crippen LogP contribution < -0.4 is 4.90 Å². The lowest BCUT2D eigenvalue weighted by molar-refractivity contribution is 0.101. The molecule has 1 heterocycles. The van der Waals surface area contributed by atoms with Crippen molar-refractivity contribution in [2.45, 2.75) is 33.2 Å². The number of carbonyl (C=O) groups is 1.